The summed E-state index contributed by atoms with van der Waals surface area (Å²) in [4.78, 5) is 4.15. The van der Waals surface area contributed by atoms with Crippen LogP contribution in [0.2, 0.25) is 5.02 Å². The van der Waals surface area contributed by atoms with Crippen molar-refractivity contribution in [3.63, 3.8) is 0 Å². The highest BCUT2D eigenvalue weighted by atomic mass is 35.5. The summed E-state index contributed by atoms with van der Waals surface area (Å²) in [6.45, 7) is 3.68. The molecular weight excluding hydrogens is 268 g/mol. The van der Waals surface area contributed by atoms with Crippen LogP contribution < -0.4 is 0 Å². The second kappa shape index (κ2) is 5.34. The number of nitriles is 1. The van der Waals surface area contributed by atoms with E-state index in [4.69, 9.17) is 11.6 Å². The van der Waals surface area contributed by atoms with Gasteiger partial charge in [0.25, 0.3) is 0 Å². The second-order valence-corrected chi connectivity index (χ2v) is 4.98. The third kappa shape index (κ3) is 2.45. The van der Waals surface area contributed by atoms with Gasteiger partial charge in [0.15, 0.2) is 0 Å². The van der Waals surface area contributed by atoms with Gasteiger partial charge in [-0.05, 0) is 43.3 Å². The van der Waals surface area contributed by atoms with Crippen molar-refractivity contribution in [3.8, 4) is 6.07 Å². The molecule has 0 saturated heterocycles. The molecule has 2 rings (SSSR count). The molecule has 0 aliphatic heterocycles. The van der Waals surface area contributed by atoms with Crippen molar-refractivity contribution in [1.82, 2.24) is 15.2 Å². The molecule has 0 amide bonds. The summed E-state index contributed by atoms with van der Waals surface area (Å²) in [5, 5.41) is 18.9. The first-order valence-corrected chi connectivity index (χ1v) is 6.35. The smallest absolute Gasteiger partial charge is 0.143 e. The minimum Gasteiger partial charge on any atom is -0.248 e. The molecule has 0 fully saturated rings. The third-order valence-electron chi connectivity index (χ3n) is 2.45. The van der Waals surface area contributed by atoms with Gasteiger partial charge in [0.1, 0.15) is 16.1 Å². The van der Waals surface area contributed by atoms with E-state index in [1.807, 2.05) is 13.8 Å². The number of hydrogen-bond donors (Lipinski definition) is 0. The topological polar surface area (TPSA) is 62.5 Å². The highest BCUT2D eigenvalue weighted by Gasteiger charge is 2.14. The van der Waals surface area contributed by atoms with Crippen LogP contribution in [0, 0.1) is 25.2 Å². The molecule has 0 aliphatic rings. The van der Waals surface area contributed by atoms with E-state index in [-0.39, 0.29) is 0 Å². The summed E-state index contributed by atoms with van der Waals surface area (Å²) in [6.07, 6.45) is 1.65. The van der Waals surface area contributed by atoms with Crippen molar-refractivity contribution in [3.05, 3.63) is 40.2 Å². The Bertz CT molecular complexity index is 636. The molecule has 0 N–H and O–H groups in total. The van der Waals surface area contributed by atoms with Crippen molar-refractivity contribution < 1.29 is 0 Å². The maximum atomic E-state index is 9.19. The SMILES string of the molecule is Cc1nnc(Sc2ncccc2Cl)c(C#N)c1C. The summed E-state index contributed by atoms with van der Waals surface area (Å²) in [7, 11) is 0. The molecule has 0 bridgehead atoms. The summed E-state index contributed by atoms with van der Waals surface area (Å²) in [5.41, 5.74) is 2.11. The lowest BCUT2D eigenvalue weighted by Gasteiger charge is -2.06. The van der Waals surface area contributed by atoms with Crippen LogP contribution in [0.5, 0.6) is 0 Å². The molecule has 0 aromatic carbocycles. The van der Waals surface area contributed by atoms with E-state index in [1.54, 1.807) is 18.3 Å². The van der Waals surface area contributed by atoms with Gasteiger partial charge in [-0.15, -0.1) is 5.10 Å². The predicted molar refractivity (Wildman–Crippen MR) is 69.6 cm³/mol. The first-order chi connectivity index (χ1) is 8.63. The van der Waals surface area contributed by atoms with Gasteiger partial charge >= 0.3 is 0 Å². The van der Waals surface area contributed by atoms with Crippen molar-refractivity contribution >= 4 is 23.4 Å². The van der Waals surface area contributed by atoms with Gasteiger partial charge in [0.05, 0.1) is 16.3 Å². The fraction of sp³-hybridized carbons (Fsp3) is 0.167. The largest absolute Gasteiger partial charge is 0.248 e. The summed E-state index contributed by atoms with van der Waals surface area (Å²) in [6, 6.07) is 5.65. The Hall–Kier alpha value is -1.64. The molecule has 18 heavy (non-hydrogen) atoms. The summed E-state index contributed by atoms with van der Waals surface area (Å²) < 4.78 is 0. The first-order valence-electron chi connectivity index (χ1n) is 5.16. The quantitative estimate of drug-likeness (QED) is 0.843. The Morgan fingerprint density at radius 2 is 2.06 bits per heavy atom. The summed E-state index contributed by atoms with van der Waals surface area (Å²) >= 11 is 7.28. The molecule has 6 heteroatoms. The highest BCUT2D eigenvalue weighted by Crippen LogP contribution is 2.32. The minimum absolute atomic E-state index is 0.522. The molecule has 90 valence electrons. The van der Waals surface area contributed by atoms with Crippen LogP contribution in [0.15, 0.2) is 28.4 Å². The van der Waals surface area contributed by atoms with Crippen LogP contribution in [0.4, 0.5) is 0 Å². The monoisotopic (exact) mass is 276 g/mol. The Balaban J connectivity index is 2.45. The molecule has 2 heterocycles. The van der Waals surface area contributed by atoms with Crippen LogP contribution in [0.3, 0.4) is 0 Å². The molecule has 0 atom stereocenters. The lowest BCUT2D eigenvalue weighted by atomic mass is 10.1. The zero-order valence-electron chi connectivity index (χ0n) is 9.81. The number of aryl methyl sites for hydroxylation is 1. The molecule has 2 aromatic heterocycles. The van der Waals surface area contributed by atoms with Crippen LogP contribution in [0.25, 0.3) is 0 Å². The lowest BCUT2D eigenvalue weighted by molar-refractivity contribution is 0.869. The Morgan fingerprint density at radius 1 is 1.28 bits per heavy atom. The highest BCUT2D eigenvalue weighted by molar-refractivity contribution is 7.99. The van der Waals surface area contributed by atoms with Gasteiger partial charge < -0.3 is 0 Å². The Morgan fingerprint density at radius 3 is 2.72 bits per heavy atom. The predicted octanol–water partition coefficient (Wildman–Crippen LogP) is 3.16. The van der Waals surface area contributed by atoms with E-state index in [9.17, 15) is 5.26 Å². The van der Waals surface area contributed by atoms with E-state index in [1.165, 1.54) is 11.8 Å². The number of hydrogen-bond acceptors (Lipinski definition) is 5. The molecule has 0 radical (unpaired) electrons. The first kappa shape index (κ1) is 12.8. The van der Waals surface area contributed by atoms with Crippen molar-refractivity contribution in [2.24, 2.45) is 0 Å². The standard InChI is InChI=1S/C12H9ClN4S/c1-7-8(2)16-17-11(9(7)6-14)18-12-10(13)4-3-5-15-12/h3-5H,1-2H3. The third-order valence-corrected chi connectivity index (χ3v) is 3.87. The van der Waals surface area contributed by atoms with Crippen LogP contribution in [-0.4, -0.2) is 15.2 Å². The molecular formula is C12H9ClN4S. The van der Waals surface area contributed by atoms with E-state index in [2.05, 4.69) is 21.3 Å². The van der Waals surface area contributed by atoms with Crippen molar-refractivity contribution in [2.45, 2.75) is 23.9 Å². The number of pyridine rings is 1. The zero-order valence-corrected chi connectivity index (χ0v) is 11.4. The van der Waals surface area contributed by atoms with Gasteiger partial charge in [-0.1, -0.05) is 11.6 Å². The Kier molecular flexibility index (Phi) is 3.80. The number of nitrogens with zero attached hydrogens (tertiary/aromatic N) is 4. The van der Waals surface area contributed by atoms with Crippen LogP contribution in [-0.2, 0) is 0 Å². The van der Waals surface area contributed by atoms with Gasteiger partial charge in [-0.2, -0.15) is 10.4 Å². The number of halogens is 1. The second-order valence-electron chi connectivity index (χ2n) is 3.59. The van der Waals surface area contributed by atoms with Crippen molar-refractivity contribution in [1.29, 1.82) is 5.26 Å². The van der Waals surface area contributed by atoms with Gasteiger partial charge in [0, 0.05) is 6.20 Å². The maximum absolute atomic E-state index is 9.19. The van der Waals surface area contributed by atoms with E-state index in [0.29, 0.717) is 20.6 Å². The fourth-order valence-corrected chi connectivity index (χ4v) is 2.41. The average molecular weight is 277 g/mol. The normalized spacial score (nSPS) is 10.1. The number of aromatic nitrogens is 3. The molecule has 0 saturated carbocycles. The zero-order chi connectivity index (χ0) is 13.1. The molecule has 2 aromatic rings. The van der Waals surface area contributed by atoms with Crippen LogP contribution in [0.1, 0.15) is 16.8 Å². The van der Waals surface area contributed by atoms with E-state index >= 15 is 0 Å². The Labute approximate surface area is 114 Å². The number of rotatable bonds is 2. The van der Waals surface area contributed by atoms with Gasteiger partial charge in [-0.3, -0.25) is 0 Å². The van der Waals surface area contributed by atoms with Gasteiger partial charge in [0.2, 0.25) is 0 Å². The maximum Gasteiger partial charge on any atom is 0.143 e. The van der Waals surface area contributed by atoms with Crippen molar-refractivity contribution in [2.75, 3.05) is 0 Å². The molecule has 4 nitrogen and oxygen atoms in total. The fourth-order valence-electron chi connectivity index (χ4n) is 1.33. The molecule has 0 unspecified atom stereocenters. The van der Waals surface area contributed by atoms with E-state index < -0.39 is 0 Å². The average Bonchev–Trinajstić information content (AvgIpc) is 2.37. The summed E-state index contributed by atoms with van der Waals surface area (Å²) in [5.74, 6) is 0. The molecule has 0 aliphatic carbocycles. The van der Waals surface area contributed by atoms with Gasteiger partial charge in [-0.25, -0.2) is 4.98 Å². The van der Waals surface area contributed by atoms with Crippen LogP contribution >= 0.6 is 23.4 Å². The molecule has 0 spiro atoms. The van der Waals surface area contributed by atoms with E-state index in [0.717, 1.165) is 11.3 Å². The minimum atomic E-state index is 0.522. The lowest BCUT2D eigenvalue weighted by Crippen LogP contribution is -1.99.